The Morgan fingerprint density at radius 1 is 1.05 bits per heavy atom. The average molecular weight is 256 g/mol. The quantitative estimate of drug-likeness (QED) is 0.876. The van der Waals surface area contributed by atoms with Crippen LogP contribution in [0.1, 0.15) is 35.7 Å². The molecule has 3 nitrogen and oxygen atoms in total. The van der Waals surface area contributed by atoms with Crippen LogP contribution in [-0.4, -0.2) is 16.2 Å². The summed E-state index contributed by atoms with van der Waals surface area (Å²) in [6.45, 7) is 4.22. The van der Waals surface area contributed by atoms with Gasteiger partial charge in [0, 0.05) is 5.56 Å². The summed E-state index contributed by atoms with van der Waals surface area (Å²) in [6, 6.07) is 12.1. The van der Waals surface area contributed by atoms with Crippen molar-refractivity contribution in [2.24, 2.45) is 0 Å². The van der Waals surface area contributed by atoms with Gasteiger partial charge >= 0.3 is 5.97 Å². The van der Waals surface area contributed by atoms with E-state index in [0.29, 0.717) is 11.5 Å². The second kappa shape index (κ2) is 5.14. The van der Waals surface area contributed by atoms with Crippen LogP contribution in [0.4, 0.5) is 0 Å². The maximum absolute atomic E-state index is 11.0. The van der Waals surface area contributed by atoms with Gasteiger partial charge in [-0.25, -0.2) is 4.79 Å². The van der Waals surface area contributed by atoms with E-state index in [1.807, 2.05) is 24.3 Å². The molecular weight excluding hydrogens is 240 g/mol. The van der Waals surface area contributed by atoms with Crippen molar-refractivity contribution in [3.63, 3.8) is 0 Å². The fourth-order valence-corrected chi connectivity index (χ4v) is 1.95. The summed E-state index contributed by atoms with van der Waals surface area (Å²) < 4.78 is 0. The summed E-state index contributed by atoms with van der Waals surface area (Å²) in [4.78, 5) is 11.0. The lowest BCUT2D eigenvalue weighted by Gasteiger charge is -2.09. The predicted molar refractivity (Wildman–Crippen MR) is 74.6 cm³/mol. The highest BCUT2D eigenvalue weighted by Gasteiger charge is 2.10. The number of phenolic OH excluding ortho intramolecular Hbond substituents is 1. The summed E-state index contributed by atoms with van der Waals surface area (Å²) in [7, 11) is 0. The third kappa shape index (κ3) is 2.76. The highest BCUT2D eigenvalue weighted by Crippen LogP contribution is 2.31. The second-order valence-corrected chi connectivity index (χ2v) is 4.81. The summed E-state index contributed by atoms with van der Waals surface area (Å²) in [5.41, 5.74) is 2.72. The largest absolute Gasteiger partial charge is 0.507 e. The van der Waals surface area contributed by atoms with Gasteiger partial charge in [-0.05, 0) is 35.2 Å². The highest BCUT2D eigenvalue weighted by atomic mass is 16.4. The number of benzene rings is 2. The van der Waals surface area contributed by atoms with Gasteiger partial charge in [0.2, 0.25) is 0 Å². The van der Waals surface area contributed by atoms with Gasteiger partial charge < -0.3 is 10.2 Å². The van der Waals surface area contributed by atoms with E-state index < -0.39 is 5.97 Å². The van der Waals surface area contributed by atoms with Gasteiger partial charge in [-0.3, -0.25) is 0 Å². The first kappa shape index (κ1) is 13.1. The van der Waals surface area contributed by atoms with E-state index in [0.717, 1.165) is 5.56 Å². The molecule has 0 atom stereocenters. The zero-order valence-electron chi connectivity index (χ0n) is 10.9. The molecule has 0 fully saturated rings. The van der Waals surface area contributed by atoms with Crippen LogP contribution < -0.4 is 0 Å². The number of rotatable bonds is 3. The van der Waals surface area contributed by atoms with Crippen molar-refractivity contribution in [2.75, 3.05) is 0 Å². The fraction of sp³-hybridized carbons (Fsp3) is 0.188. The summed E-state index contributed by atoms with van der Waals surface area (Å²) in [6.07, 6.45) is 0. The first-order valence-electron chi connectivity index (χ1n) is 6.15. The van der Waals surface area contributed by atoms with Crippen LogP contribution in [0.15, 0.2) is 42.5 Å². The van der Waals surface area contributed by atoms with Crippen LogP contribution in [0.3, 0.4) is 0 Å². The Kier molecular flexibility index (Phi) is 3.56. The molecule has 19 heavy (non-hydrogen) atoms. The minimum atomic E-state index is -1.000. The summed E-state index contributed by atoms with van der Waals surface area (Å²) >= 11 is 0. The molecule has 0 unspecified atom stereocenters. The van der Waals surface area contributed by atoms with Crippen molar-refractivity contribution in [1.29, 1.82) is 0 Å². The second-order valence-electron chi connectivity index (χ2n) is 4.81. The third-order valence-electron chi connectivity index (χ3n) is 3.13. The summed E-state index contributed by atoms with van der Waals surface area (Å²) in [5, 5.41) is 18.8. The molecular formula is C16H16O3. The van der Waals surface area contributed by atoms with Crippen molar-refractivity contribution < 1.29 is 15.0 Å². The van der Waals surface area contributed by atoms with E-state index in [1.165, 1.54) is 23.8 Å². The van der Waals surface area contributed by atoms with E-state index >= 15 is 0 Å². The minimum absolute atomic E-state index is 0.0855. The predicted octanol–water partition coefficient (Wildman–Crippen LogP) is 3.88. The van der Waals surface area contributed by atoms with Crippen molar-refractivity contribution in [3.8, 4) is 16.9 Å². The monoisotopic (exact) mass is 256 g/mol. The van der Waals surface area contributed by atoms with Gasteiger partial charge in [-0.1, -0.05) is 38.1 Å². The molecule has 0 aromatic heterocycles. The molecule has 2 aromatic carbocycles. The number of hydrogen-bond donors (Lipinski definition) is 2. The van der Waals surface area contributed by atoms with Crippen molar-refractivity contribution >= 4 is 5.97 Å². The first-order valence-corrected chi connectivity index (χ1v) is 6.15. The molecule has 2 N–H and O–H groups in total. The van der Waals surface area contributed by atoms with E-state index in [-0.39, 0.29) is 11.3 Å². The maximum Gasteiger partial charge on any atom is 0.335 e. The third-order valence-corrected chi connectivity index (χ3v) is 3.13. The molecule has 0 heterocycles. The Labute approximate surface area is 112 Å². The first-order chi connectivity index (χ1) is 8.99. The molecule has 3 heteroatoms. The number of aromatic hydroxyl groups is 1. The molecule has 0 bridgehead atoms. The van der Waals surface area contributed by atoms with Gasteiger partial charge in [0.1, 0.15) is 5.75 Å². The number of hydrogen-bond acceptors (Lipinski definition) is 2. The Bertz CT molecular complexity index is 598. The lowest BCUT2D eigenvalue weighted by Crippen LogP contribution is -1.96. The van der Waals surface area contributed by atoms with Gasteiger partial charge in [-0.15, -0.1) is 0 Å². The van der Waals surface area contributed by atoms with Crippen LogP contribution in [-0.2, 0) is 0 Å². The van der Waals surface area contributed by atoms with Crippen molar-refractivity contribution in [2.45, 2.75) is 19.8 Å². The molecule has 0 aliphatic carbocycles. The molecule has 2 rings (SSSR count). The van der Waals surface area contributed by atoms with Gasteiger partial charge in [0.05, 0.1) is 5.56 Å². The fourth-order valence-electron chi connectivity index (χ4n) is 1.95. The van der Waals surface area contributed by atoms with Gasteiger partial charge in [0.15, 0.2) is 0 Å². The average Bonchev–Trinajstić information content (AvgIpc) is 2.39. The van der Waals surface area contributed by atoms with Crippen molar-refractivity contribution in [1.82, 2.24) is 0 Å². The van der Waals surface area contributed by atoms with Gasteiger partial charge in [-0.2, -0.15) is 0 Å². The number of aromatic carboxylic acids is 1. The topological polar surface area (TPSA) is 57.5 Å². The van der Waals surface area contributed by atoms with E-state index in [2.05, 4.69) is 13.8 Å². The molecule has 98 valence electrons. The number of carboxylic acids is 1. The molecule has 0 radical (unpaired) electrons. The smallest absolute Gasteiger partial charge is 0.335 e. The Balaban J connectivity index is 2.46. The Morgan fingerprint density at radius 3 is 2.21 bits per heavy atom. The van der Waals surface area contributed by atoms with E-state index in [9.17, 15) is 9.90 Å². The lowest BCUT2D eigenvalue weighted by atomic mass is 9.97. The molecule has 0 aliphatic heterocycles. The van der Waals surface area contributed by atoms with E-state index in [4.69, 9.17) is 5.11 Å². The normalized spacial score (nSPS) is 10.7. The number of carbonyl (C=O) groups is 1. The van der Waals surface area contributed by atoms with E-state index in [1.54, 1.807) is 0 Å². The van der Waals surface area contributed by atoms with Crippen LogP contribution >= 0.6 is 0 Å². The summed E-state index contributed by atoms with van der Waals surface area (Å²) in [5.74, 6) is -0.477. The number of carboxylic acid groups (broad SMARTS) is 1. The maximum atomic E-state index is 11.0. The Morgan fingerprint density at radius 2 is 1.68 bits per heavy atom. The van der Waals surface area contributed by atoms with Crippen LogP contribution in [0.25, 0.3) is 11.1 Å². The van der Waals surface area contributed by atoms with Crippen LogP contribution in [0.2, 0.25) is 0 Å². The number of phenols is 1. The highest BCUT2D eigenvalue weighted by molar-refractivity contribution is 5.90. The van der Waals surface area contributed by atoms with Gasteiger partial charge in [0.25, 0.3) is 0 Å². The van der Waals surface area contributed by atoms with Crippen LogP contribution in [0, 0.1) is 0 Å². The zero-order chi connectivity index (χ0) is 14.0. The molecule has 0 spiro atoms. The molecule has 0 saturated carbocycles. The standard InChI is InChI=1S/C16H16O3/c1-10(2)11-3-5-12(6-4-11)14-9-13(16(18)19)7-8-15(14)17/h3-10,17H,1-2H3,(H,18,19). The molecule has 0 amide bonds. The van der Waals surface area contributed by atoms with Crippen LogP contribution in [0.5, 0.6) is 5.75 Å². The minimum Gasteiger partial charge on any atom is -0.507 e. The molecule has 0 saturated heterocycles. The Hall–Kier alpha value is -2.29. The lowest BCUT2D eigenvalue weighted by molar-refractivity contribution is 0.0697. The SMILES string of the molecule is CC(C)c1ccc(-c2cc(C(=O)O)ccc2O)cc1. The van der Waals surface area contributed by atoms with Crippen molar-refractivity contribution in [3.05, 3.63) is 53.6 Å². The zero-order valence-corrected chi connectivity index (χ0v) is 10.9. The molecule has 0 aliphatic rings. The molecule has 2 aromatic rings.